The van der Waals surface area contributed by atoms with Crippen LogP contribution in [-0.2, 0) is 4.79 Å². The molecule has 0 aromatic heterocycles. The quantitative estimate of drug-likeness (QED) is 0.470. The molecule has 3 rings (SSSR count). The summed E-state index contributed by atoms with van der Waals surface area (Å²) in [5.41, 5.74) is 1.74. The average molecular weight is 377 g/mol. The van der Waals surface area contributed by atoms with E-state index in [4.69, 9.17) is 4.74 Å². The Bertz CT molecular complexity index is 976. The summed E-state index contributed by atoms with van der Waals surface area (Å²) in [5, 5.41) is 17.0. The van der Waals surface area contributed by atoms with Gasteiger partial charge in [-0.15, -0.1) is 0 Å². The van der Waals surface area contributed by atoms with E-state index in [0.717, 1.165) is 5.56 Å². The van der Waals surface area contributed by atoms with Gasteiger partial charge in [-0.1, -0.05) is 42.5 Å². The first-order valence-electron chi connectivity index (χ1n) is 8.57. The highest BCUT2D eigenvalue weighted by Gasteiger charge is 2.21. The molecule has 0 bridgehead atoms. The summed E-state index contributed by atoms with van der Waals surface area (Å²) in [6.45, 7) is 0. The predicted molar refractivity (Wildman–Crippen MR) is 108 cm³/mol. The third-order valence-electron chi connectivity index (χ3n) is 4.10. The van der Waals surface area contributed by atoms with E-state index < -0.39 is 11.0 Å². The van der Waals surface area contributed by atoms with Gasteiger partial charge in [0.05, 0.1) is 12.0 Å². The van der Waals surface area contributed by atoms with E-state index in [9.17, 15) is 14.9 Å². The lowest BCUT2D eigenvalue weighted by Gasteiger charge is -2.20. The summed E-state index contributed by atoms with van der Waals surface area (Å²) in [6.07, 6.45) is 0. The highest BCUT2D eigenvalue weighted by Crippen LogP contribution is 2.25. The molecule has 28 heavy (non-hydrogen) atoms. The van der Waals surface area contributed by atoms with E-state index in [2.05, 4.69) is 10.6 Å². The third-order valence-corrected chi connectivity index (χ3v) is 4.10. The Kier molecular flexibility index (Phi) is 5.86. The van der Waals surface area contributed by atoms with Gasteiger partial charge in [-0.25, -0.2) is 0 Å². The van der Waals surface area contributed by atoms with Gasteiger partial charge in [0, 0.05) is 29.6 Å². The maximum absolute atomic E-state index is 13.0. The van der Waals surface area contributed by atoms with E-state index >= 15 is 0 Å². The second-order valence-electron chi connectivity index (χ2n) is 6.02. The lowest BCUT2D eigenvalue weighted by molar-refractivity contribution is -0.384. The van der Waals surface area contributed by atoms with Gasteiger partial charge in [0.25, 0.3) is 11.6 Å². The van der Waals surface area contributed by atoms with Crippen LogP contribution < -0.4 is 15.4 Å². The molecular formula is C21H19N3O4. The average Bonchev–Trinajstić information content (AvgIpc) is 2.73. The number of hydrogen-bond acceptors (Lipinski definition) is 5. The third kappa shape index (κ3) is 4.64. The van der Waals surface area contributed by atoms with Crippen molar-refractivity contribution < 1.29 is 14.5 Å². The molecule has 0 aliphatic heterocycles. The zero-order chi connectivity index (χ0) is 19.9. The second kappa shape index (κ2) is 8.68. The van der Waals surface area contributed by atoms with Gasteiger partial charge in [0.15, 0.2) is 0 Å². The number of nitro groups is 1. The Balaban J connectivity index is 1.88. The molecule has 2 N–H and O–H groups in total. The van der Waals surface area contributed by atoms with E-state index in [0.29, 0.717) is 17.1 Å². The molecule has 0 spiro atoms. The van der Waals surface area contributed by atoms with Gasteiger partial charge in [-0.3, -0.25) is 14.9 Å². The molecular weight excluding hydrogens is 358 g/mol. The van der Waals surface area contributed by atoms with Crippen LogP contribution in [0.2, 0.25) is 0 Å². The maximum Gasteiger partial charge on any atom is 0.271 e. The Morgan fingerprint density at radius 1 is 0.964 bits per heavy atom. The predicted octanol–water partition coefficient (Wildman–Crippen LogP) is 4.40. The molecule has 0 saturated carbocycles. The first-order chi connectivity index (χ1) is 13.6. The van der Waals surface area contributed by atoms with Crippen molar-refractivity contribution in [2.24, 2.45) is 0 Å². The van der Waals surface area contributed by atoms with Gasteiger partial charge < -0.3 is 15.4 Å². The number of nitrogens with one attached hydrogen (secondary N) is 2. The molecule has 3 aromatic carbocycles. The summed E-state index contributed by atoms with van der Waals surface area (Å²) < 4.78 is 5.18. The molecule has 3 aromatic rings. The van der Waals surface area contributed by atoms with E-state index in [1.54, 1.807) is 43.5 Å². The topological polar surface area (TPSA) is 93.5 Å². The first kappa shape index (κ1) is 18.9. The largest absolute Gasteiger partial charge is 0.497 e. The number of methoxy groups -OCH3 is 1. The number of amides is 1. The van der Waals surface area contributed by atoms with E-state index in [-0.39, 0.29) is 11.6 Å². The van der Waals surface area contributed by atoms with Crippen molar-refractivity contribution >= 4 is 23.0 Å². The molecule has 142 valence electrons. The molecule has 0 heterocycles. The minimum Gasteiger partial charge on any atom is -0.497 e. The molecule has 0 fully saturated rings. The number of non-ortho nitro benzene ring substituents is 1. The zero-order valence-corrected chi connectivity index (χ0v) is 15.2. The minimum atomic E-state index is -0.741. The fourth-order valence-corrected chi connectivity index (χ4v) is 2.74. The first-order valence-corrected chi connectivity index (χ1v) is 8.57. The Labute approximate surface area is 162 Å². The number of hydrogen-bond donors (Lipinski definition) is 2. The number of anilines is 2. The zero-order valence-electron chi connectivity index (χ0n) is 15.2. The fourth-order valence-electron chi connectivity index (χ4n) is 2.74. The number of carbonyl (C=O) groups excluding carboxylic acids is 1. The van der Waals surface area contributed by atoms with Crippen LogP contribution in [0.25, 0.3) is 0 Å². The lowest BCUT2D eigenvalue weighted by atomic mass is 10.1. The van der Waals surface area contributed by atoms with Crippen LogP contribution in [-0.4, -0.2) is 17.9 Å². The number of nitro benzene ring substituents is 1. The normalized spacial score (nSPS) is 11.3. The SMILES string of the molecule is COc1cccc(NC(=O)[C@H](Nc2cccc([N+](=O)[O-])c2)c2ccccc2)c1. The van der Waals surface area contributed by atoms with Crippen LogP contribution in [0.3, 0.4) is 0 Å². The van der Waals surface area contributed by atoms with Crippen molar-refractivity contribution in [2.45, 2.75) is 6.04 Å². The summed E-state index contributed by atoms with van der Waals surface area (Å²) in [5.74, 6) is 0.326. The molecule has 0 aliphatic carbocycles. The minimum absolute atomic E-state index is 0.0509. The molecule has 1 atom stereocenters. The molecule has 0 aliphatic rings. The van der Waals surface area contributed by atoms with Gasteiger partial charge in [0.1, 0.15) is 11.8 Å². The van der Waals surface area contributed by atoms with Crippen LogP contribution in [0, 0.1) is 10.1 Å². The standard InChI is InChI=1S/C21H19N3O4/c1-28-19-12-6-10-17(14-19)23-21(25)20(15-7-3-2-4-8-15)22-16-9-5-11-18(13-16)24(26)27/h2-14,20,22H,1H3,(H,23,25)/t20-/m1/s1. The van der Waals surface area contributed by atoms with Crippen molar-refractivity contribution in [1.82, 2.24) is 0 Å². The maximum atomic E-state index is 13.0. The number of ether oxygens (including phenoxy) is 1. The number of rotatable bonds is 7. The summed E-state index contributed by atoms with van der Waals surface area (Å²) in [4.78, 5) is 23.5. The van der Waals surface area contributed by atoms with Crippen LogP contribution in [0.4, 0.5) is 17.1 Å². The van der Waals surface area contributed by atoms with Crippen LogP contribution in [0.1, 0.15) is 11.6 Å². The number of carbonyl (C=O) groups is 1. The number of nitrogens with zero attached hydrogens (tertiary/aromatic N) is 1. The van der Waals surface area contributed by atoms with Gasteiger partial charge in [0.2, 0.25) is 0 Å². The summed E-state index contributed by atoms with van der Waals surface area (Å²) >= 11 is 0. The number of benzene rings is 3. The fraction of sp³-hybridized carbons (Fsp3) is 0.0952. The molecule has 7 nitrogen and oxygen atoms in total. The Morgan fingerprint density at radius 3 is 2.39 bits per heavy atom. The molecule has 0 unspecified atom stereocenters. The van der Waals surface area contributed by atoms with Crippen LogP contribution >= 0.6 is 0 Å². The van der Waals surface area contributed by atoms with Crippen molar-refractivity contribution in [1.29, 1.82) is 0 Å². The smallest absolute Gasteiger partial charge is 0.271 e. The van der Waals surface area contributed by atoms with Gasteiger partial charge >= 0.3 is 0 Å². The Morgan fingerprint density at radius 2 is 1.68 bits per heavy atom. The van der Waals surface area contributed by atoms with Gasteiger partial charge in [-0.2, -0.15) is 0 Å². The summed E-state index contributed by atoms with van der Waals surface area (Å²) in [7, 11) is 1.55. The van der Waals surface area contributed by atoms with Gasteiger partial charge in [-0.05, 0) is 23.8 Å². The van der Waals surface area contributed by atoms with Crippen LogP contribution in [0.15, 0.2) is 78.9 Å². The van der Waals surface area contributed by atoms with Crippen molar-refractivity contribution in [3.63, 3.8) is 0 Å². The van der Waals surface area contributed by atoms with E-state index in [1.165, 1.54) is 12.1 Å². The van der Waals surface area contributed by atoms with Crippen molar-refractivity contribution in [3.05, 3.63) is 94.5 Å². The van der Waals surface area contributed by atoms with E-state index in [1.807, 2.05) is 30.3 Å². The Hall–Kier alpha value is -3.87. The molecule has 0 radical (unpaired) electrons. The summed E-state index contributed by atoms with van der Waals surface area (Å²) in [6, 6.07) is 21.5. The van der Waals surface area contributed by atoms with Crippen LogP contribution in [0.5, 0.6) is 5.75 Å². The lowest BCUT2D eigenvalue weighted by Crippen LogP contribution is -2.27. The second-order valence-corrected chi connectivity index (χ2v) is 6.02. The highest BCUT2D eigenvalue weighted by molar-refractivity contribution is 5.97. The molecule has 1 amide bonds. The molecule has 0 saturated heterocycles. The van der Waals surface area contributed by atoms with Crippen molar-refractivity contribution in [3.8, 4) is 5.75 Å². The molecule has 7 heteroatoms. The van der Waals surface area contributed by atoms with Crippen molar-refractivity contribution in [2.75, 3.05) is 17.7 Å². The highest BCUT2D eigenvalue weighted by atomic mass is 16.6. The monoisotopic (exact) mass is 377 g/mol.